The zero-order valence-corrected chi connectivity index (χ0v) is 12.8. The minimum absolute atomic E-state index is 0.120. The van der Waals surface area contributed by atoms with Gasteiger partial charge in [0.25, 0.3) is 5.91 Å². The first-order chi connectivity index (χ1) is 10.6. The standard InChI is InChI=1S/C19H21NO2/c1-14-6-2-5-9-17(14)18(21)20-13-19(22)11-10-15-7-3-4-8-16(15)12-19/h2-9,22H,10-13H2,1H3,(H,20,21)/t19-/m0/s1. The summed E-state index contributed by atoms with van der Waals surface area (Å²) in [5, 5.41) is 13.7. The Labute approximate surface area is 131 Å². The molecular formula is C19H21NO2. The molecule has 22 heavy (non-hydrogen) atoms. The normalized spacial score (nSPS) is 20.3. The molecule has 2 N–H and O–H groups in total. The summed E-state index contributed by atoms with van der Waals surface area (Å²) < 4.78 is 0. The second-order valence-electron chi connectivity index (χ2n) is 6.17. The van der Waals surface area contributed by atoms with Crippen LogP contribution in [-0.4, -0.2) is 23.2 Å². The molecule has 0 bridgehead atoms. The summed E-state index contributed by atoms with van der Waals surface area (Å²) in [6.45, 7) is 2.20. The fourth-order valence-electron chi connectivity index (χ4n) is 3.10. The molecular weight excluding hydrogens is 274 g/mol. The number of carbonyl (C=O) groups is 1. The highest BCUT2D eigenvalue weighted by molar-refractivity contribution is 5.95. The molecule has 1 amide bonds. The van der Waals surface area contributed by atoms with Crippen molar-refractivity contribution < 1.29 is 9.90 Å². The molecule has 114 valence electrons. The third-order valence-electron chi connectivity index (χ3n) is 4.47. The monoisotopic (exact) mass is 295 g/mol. The van der Waals surface area contributed by atoms with E-state index in [1.807, 2.05) is 43.3 Å². The lowest BCUT2D eigenvalue weighted by molar-refractivity contribution is 0.0260. The zero-order valence-electron chi connectivity index (χ0n) is 12.8. The van der Waals surface area contributed by atoms with Crippen molar-refractivity contribution in [1.29, 1.82) is 0 Å². The molecule has 3 heteroatoms. The summed E-state index contributed by atoms with van der Waals surface area (Å²) >= 11 is 0. The van der Waals surface area contributed by atoms with Gasteiger partial charge in [0.2, 0.25) is 0 Å². The van der Waals surface area contributed by atoms with E-state index >= 15 is 0 Å². The average Bonchev–Trinajstić information content (AvgIpc) is 2.53. The molecule has 0 fully saturated rings. The van der Waals surface area contributed by atoms with Crippen LogP contribution in [0, 0.1) is 6.92 Å². The molecule has 0 aromatic heterocycles. The fraction of sp³-hybridized carbons (Fsp3) is 0.316. The van der Waals surface area contributed by atoms with Gasteiger partial charge in [-0.15, -0.1) is 0 Å². The molecule has 3 nitrogen and oxygen atoms in total. The van der Waals surface area contributed by atoms with Crippen molar-refractivity contribution in [3.05, 3.63) is 70.8 Å². The number of aliphatic hydroxyl groups is 1. The summed E-state index contributed by atoms with van der Waals surface area (Å²) in [5.41, 5.74) is 3.24. The van der Waals surface area contributed by atoms with E-state index in [1.165, 1.54) is 11.1 Å². The van der Waals surface area contributed by atoms with Crippen LogP contribution in [0.15, 0.2) is 48.5 Å². The van der Waals surface area contributed by atoms with E-state index in [2.05, 4.69) is 17.4 Å². The van der Waals surface area contributed by atoms with Gasteiger partial charge in [-0.2, -0.15) is 0 Å². The molecule has 0 unspecified atom stereocenters. The summed E-state index contributed by atoms with van der Waals surface area (Å²) in [4.78, 5) is 12.3. The first-order valence-corrected chi connectivity index (χ1v) is 7.70. The molecule has 0 radical (unpaired) electrons. The van der Waals surface area contributed by atoms with Gasteiger partial charge < -0.3 is 10.4 Å². The van der Waals surface area contributed by atoms with Crippen LogP contribution in [-0.2, 0) is 12.8 Å². The second kappa shape index (κ2) is 5.93. The van der Waals surface area contributed by atoms with Crippen LogP contribution in [0.4, 0.5) is 0 Å². The van der Waals surface area contributed by atoms with Gasteiger partial charge in [-0.25, -0.2) is 0 Å². The topological polar surface area (TPSA) is 49.3 Å². The van der Waals surface area contributed by atoms with E-state index in [0.29, 0.717) is 18.4 Å². The van der Waals surface area contributed by atoms with E-state index in [0.717, 1.165) is 12.0 Å². The lowest BCUT2D eigenvalue weighted by atomic mass is 9.80. The summed E-state index contributed by atoms with van der Waals surface area (Å²) in [5.74, 6) is -0.120. The van der Waals surface area contributed by atoms with E-state index in [-0.39, 0.29) is 12.5 Å². The van der Waals surface area contributed by atoms with Gasteiger partial charge in [-0.1, -0.05) is 42.5 Å². The van der Waals surface area contributed by atoms with E-state index in [4.69, 9.17) is 0 Å². The Morgan fingerprint density at radius 1 is 1.14 bits per heavy atom. The van der Waals surface area contributed by atoms with Gasteiger partial charge in [0.15, 0.2) is 0 Å². The largest absolute Gasteiger partial charge is 0.388 e. The number of carbonyl (C=O) groups excluding carboxylic acids is 1. The fourth-order valence-corrected chi connectivity index (χ4v) is 3.10. The quantitative estimate of drug-likeness (QED) is 0.914. The maximum Gasteiger partial charge on any atom is 0.251 e. The summed E-state index contributed by atoms with van der Waals surface area (Å²) in [7, 11) is 0. The maximum atomic E-state index is 12.3. The molecule has 0 heterocycles. The Morgan fingerprint density at radius 3 is 2.59 bits per heavy atom. The predicted octanol–water partition coefficient (Wildman–Crippen LogP) is 2.64. The molecule has 0 saturated carbocycles. The number of hydrogen-bond acceptors (Lipinski definition) is 2. The SMILES string of the molecule is Cc1ccccc1C(=O)NC[C@]1(O)CCc2ccccc2C1. The zero-order chi connectivity index (χ0) is 15.6. The highest BCUT2D eigenvalue weighted by Crippen LogP contribution is 2.28. The number of nitrogens with one attached hydrogen (secondary N) is 1. The van der Waals surface area contributed by atoms with Crippen molar-refractivity contribution in [3.63, 3.8) is 0 Å². The third kappa shape index (κ3) is 3.04. The van der Waals surface area contributed by atoms with E-state index in [9.17, 15) is 9.90 Å². The lowest BCUT2D eigenvalue weighted by Gasteiger charge is -2.33. The molecule has 3 rings (SSSR count). The molecule has 0 saturated heterocycles. The number of hydrogen-bond donors (Lipinski definition) is 2. The van der Waals surface area contributed by atoms with Gasteiger partial charge in [0.1, 0.15) is 0 Å². The van der Waals surface area contributed by atoms with Crippen molar-refractivity contribution in [2.75, 3.05) is 6.54 Å². The number of rotatable bonds is 3. The average molecular weight is 295 g/mol. The number of benzene rings is 2. The molecule has 0 spiro atoms. The van der Waals surface area contributed by atoms with Crippen molar-refractivity contribution in [3.8, 4) is 0 Å². The van der Waals surface area contributed by atoms with Crippen molar-refractivity contribution in [2.45, 2.75) is 31.8 Å². The van der Waals surface area contributed by atoms with Crippen LogP contribution < -0.4 is 5.32 Å². The minimum Gasteiger partial charge on any atom is -0.388 e. The Kier molecular flexibility index (Phi) is 3.99. The third-order valence-corrected chi connectivity index (χ3v) is 4.47. The van der Waals surface area contributed by atoms with Gasteiger partial charge >= 0.3 is 0 Å². The second-order valence-corrected chi connectivity index (χ2v) is 6.17. The Morgan fingerprint density at radius 2 is 1.82 bits per heavy atom. The maximum absolute atomic E-state index is 12.3. The molecule has 2 aromatic carbocycles. The lowest BCUT2D eigenvalue weighted by Crippen LogP contribution is -2.46. The van der Waals surface area contributed by atoms with Crippen LogP contribution in [0.1, 0.15) is 33.5 Å². The first kappa shape index (κ1) is 14.8. The molecule has 1 aliphatic rings. The van der Waals surface area contributed by atoms with Crippen LogP contribution in [0.2, 0.25) is 0 Å². The van der Waals surface area contributed by atoms with Crippen molar-refractivity contribution in [2.24, 2.45) is 0 Å². The van der Waals surface area contributed by atoms with E-state index in [1.54, 1.807) is 0 Å². The van der Waals surface area contributed by atoms with Gasteiger partial charge in [0, 0.05) is 18.5 Å². The Hall–Kier alpha value is -2.13. The van der Waals surface area contributed by atoms with Gasteiger partial charge in [-0.3, -0.25) is 4.79 Å². The summed E-state index contributed by atoms with van der Waals surface area (Å²) in [6.07, 6.45) is 2.13. The Balaban J connectivity index is 1.67. The highest BCUT2D eigenvalue weighted by atomic mass is 16.3. The highest BCUT2D eigenvalue weighted by Gasteiger charge is 2.32. The summed E-state index contributed by atoms with van der Waals surface area (Å²) in [6, 6.07) is 15.7. The number of aryl methyl sites for hydroxylation is 2. The first-order valence-electron chi connectivity index (χ1n) is 7.70. The van der Waals surface area contributed by atoms with Crippen molar-refractivity contribution in [1.82, 2.24) is 5.32 Å². The van der Waals surface area contributed by atoms with Crippen LogP contribution >= 0.6 is 0 Å². The van der Waals surface area contributed by atoms with Gasteiger partial charge in [-0.05, 0) is 42.5 Å². The molecule has 1 aliphatic carbocycles. The van der Waals surface area contributed by atoms with Crippen LogP contribution in [0.3, 0.4) is 0 Å². The smallest absolute Gasteiger partial charge is 0.251 e. The van der Waals surface area contributed by atoms with Gasteiger partial charge in [0.05, 0.1) is 5.60 Å². The molecule has 0 aliphatic heterocycles. The van der Waals surface area contributed by atoms with Crippen molar-refractivity contribution >= 4 is 5.91 Å². The number of amides is 1. The van der Waals surface area contributed by atoms with Crippen LogP contribution in [0.25, 0.3) is 0 Å². The predicted molar refractivity (Wildman–Crippen MR) is 86.9 cm³/mol. The minimum atomic E-state index is -0.854. The van der Waals surface area contributed by atoms with Crippen LogP contribution in [0.5, 0.6) is 0 Å². The molecule has 2 aromatic rings. The molecule has 1 atom stereocenters. The van der Waals surface area contributed by atoms with E-state index < -0.39 is 5.60 Å². The Bertz CT molecular complexity index is 695. The number of fused-ring (bicyclic) bond motifs is 1.